The van der Waals surface area contributed by atoms with E-state index in [9.17, 15) is 51.5 Å². The van der Waals surface area contributed by atoms with E-state index >= 15 is 0 Å². The zero-order valence-electron chi connectivity index (χ0n) is 73.0. The molecule has 34 heteroatoms. The summed E-state index contributed by atoms with van der Waals surface area (Å²) in [6.45, 7) is 4.92. The molecule has 2 aliphatic rings. The van der Waals surface area contributed by atoms with E-state index in [1.54, 1.807) is 158 Å². The maximum Gasteiger partial charge on any atom is 2.00 e. The molecule has 0 saturated carbocycles. The van der Waals surface area contributed by atoms with Crippen LogP contribution in [0.1, 0.15) is 64.8 Å². The van der Waals surface area contributed by atoms with Crippen LogP contribution in [0, 0.1) is 0 Å². The number of hydrogen-bond donors (Lipinski definition) is 0. The Morgan fingerprint density at radius 1 is 0.365 bits per heavy atom. The molecule has 2 aromatic heterocycles. The molecule has 20 nitrogen and oxygen atoms in total. The third-order valence-corrected chi connectivity index (χ3v) is 21.4. The zero-order chi connectivity index (χ0) is 95.6. The van der Waals surface area contributed by atoms with Gasteiger partial charge in [-0.3, -0.25) is 10.9 Å². The summed E-state index contributed by atoms with van der Waals surface area (Å²) < 4.78 is 170. The minimum atomic E-state index is -10.7. The van der Waals surface area contributed by atoms with Crippen LogP contribution in [0.4, 0.5) is 86.2 Å². The fraction of sp³-hybridized carbons (Fsp3) is 0.107. The second-order valence-corrected chi connectivity index (χ2v) is 33.0. The molecular formula is C103H80F12N16NiO4P+. The summed E-state index contributed by atoms with van der Waals surface area (Å²) in [6.07, 6.45) is -1.71. The smallest absolute Gasteiger partial charge is 2.00 e. The molecule has 14 aromatic carbocycles. The SMILES string of the molecule is C[N+]1=C(C=CCC2=[N+](C)c3ccc4ccccc4c3C2(C)Cc2ccccc2)C(C)(Cc2ccccc2)c2c1ccc1ccccc21.FC(F)(F)c1ccccc1C(N=Nc1ccccc1)=N[N-]c1nc(Oc2ccccc2)nc(Oc2ccccc2)n1.FC(F)(F)c1ccccc1C(N=Nc1ccccc1)=N[N-]c1nc(Oc2ccccc2)nc(Oc2ccccc2)n1.F[P-](F)(F)(F)(F)F.[Ni+2]. The van der Waals surface area contributed by atoms with Gasteiger partial charge in [0, 0.05) is 46.9 Å². The molecule has 0 saturated heterocycles. The molecule has 0 N–H and O–H groups in total. The van der Waals surface area contributed by atoms with Crippen molar-refractivity contribution in [1.29, 1.82) is 0 Å². The molecule has 0 bridgehead atoms. The van der Waals surface area contributed by atoms with Crippen molar-refractivity contribution in [3.8, 4) is 47.0 Å². The van der Waals surface area contributed by atoms with E-state index in [1.165, 1.54) is 103 Å². The Hall–Kier alpha value is -15.9. The number of ether oxygens (including phenoxy) is 4. The van der Waals surface area contributed by atoms with E-state index in [0.29, 0.717) is 34.4 Å². The fourth-order valence-electron chi connectivity index (χ4n) is 15.6. The van der Waals surface area contributed by atoms with Gasteiger partial charge in [-0.1, -0.05) is 261 Å². The second kappa shape index (κ2) is 41.7. The number of azo groups is 2. The standard InChI is InChI=1S/C45H42N2.2C29H19F3N7O2.F6P.Ni/c1-44(30-32-16-7-5-8-17-32)40(46(3)38-28-26-34-20-11-13-22-36(34)42(38)44)24-15-25-41-45(2,31-33-18-9-6-10-19-33)43-37-23-14-12-21-35(37)27-29-39(43)47(41)4;2*30-29(31,32)24-19-11-10-18-23(24)25(37-36-20-12-4-1-5-13-20)38-39-26-33-27(40-21-14-6-2-7-15-21)35-28(34-26)41-22-16-8-3-9-17-22;1-7(2,3,4,5)6;/h5-24,26-29H,25,30-31H2,1-4H3;2*1-19H;;/q+2;3*-1;+2. The molecule has 0 aliphatic carbocycles. The van der Waals surface area contributed by atoms with Crippen molar-refractivity contribution in [1.82, 2.24) is 29.9 Å². The first-order valence-electron chi connectivity index (χ1n) is 42.1. The topological polar surface area (TPSA) is 223 Å². The number of nitrogens with zero attached hydrogens (tertiary/aromatic N) is 16. The van der Waals surface area contributed by atoms with Gasteiger partial charge in [0.2, 0.25) is 11.4 Å². The number of para-hydroxylation sites is 4. The Bertz CT molecular complexity index is 6780. The molecule has 0 radical (unpaired) electrons. The second-order valence-electron chi connectivity index (χ2n) is 31.1. The van der Waals surface area contributed by atoms with Crippen LogP contribution < -0.4 is 18.9 Å². The molecule has 2 aliphatic heterocycles. The first kappa shape index (κ1) is 97.2. The Kier molecular flexibility index (Phi) is 29.6. The summed E-state index contributed by atoms with van der Waals surface area (Å²) in [5.74, 6) is 0.273. The number of rotatable bonds is 23. The van der Waals surface area contributed by atoms with Gasteiger partial charge in [-0.15, -0.1) is 20.5 Å². The molecule has 694 valence electrons. The van der Waals surface area contributed by atoms with Crippen molar-refractivity contribution < 1.29 is 96.1 Å². The van der Waals surface area contributed by atoms with Crippen LogP contribution in [0.2, 0.25) is 0 Å². The van der Waals surface area contributed by atoms with E-state index in [4.69, 9.17) is 18.9 Å². The van der Waals surface area contributed by atoms with Crippen LogP contribution in [0.15, 0.2) is 407 Å². The molecule has 0 amide bonds. The van der Waals surface area contributed by atoms with Gasteiger partial charge in [0.25, 0.3) is 24.0 Å². The van der Waals surface area contributed by atoms with Gasteiger partial charge < -0.3 is 38.9 Å². The average Bonchev–Trinajstić information content (AvgIpc) is 1.57. The molecule has 4 heterocycles. The zero-order valence-corrected chi connectivity index (χ0v) is 74.9. The molecule has 2 unspecified atom stereocenters. The first-order chi connectivity index (χ1) is 65.2. The quantitative estimate of drug-likeness (QED) is 0.00861. The maximum atomic E-state index is 13.8. The van der Waals surface area contributed by atoms with E-state index in [0.717, 1.165) is 31.4 Å². The van der Waals surface area contributed by atoms with Crippen molar-refractivity contribution in [2.45, 2.75) is 56.3 Å². The molecule has 137 heavy (non-hydrogen) atoms. The van der Waals surface area contributed by atoms with E-state index in [1.807, 2.05) is 24.3 Å². The van der Waals surface area contributed by atoms with Gasteiger partial charge in [0.1, 0.15) is 37.1 Å². The van der Waals surface area contributed by atoms with Crippen LogP contribution in [0.3, 0.4) is 0 Å². The van der Waals surface area contributed by atoms with Crippen LogP contribution in [-0.2, 0) is 52.5 Å². The van der Waals surface area contributed by atoms with Gasteiger partial charge in [-0.05, 0) is 156 Å². The van der Waals surface area contributed by atoms with Gasteiger partial charge in [0.05, 0.1) is 45.2 Å². The number of allylic oxidation sites excluding steroid dienone is 2. The van der Waals surface area contributed by atoms with Crippen molar-refractivity contribution in [3.05, 3.63) is 431 Å². The van der Waals surface area contributed by atoms with Crippen LogP contribution in [0.5, 0.6) is 47.0 Å². The first-order valence-corrected chi connectivity index (χ1v) is 44.1. The Balaban J connectivity index is 0.000000158. The van der Waals surface area contributed by atoms with E-state index in [2.05, 4.69) is 254 Å². The minimum Gasteiger partial charge on any atom is 2.00 e. The Morgan fingerprint density at radius 3 is 1.02 bits per heavy atom. The maximum absolute atomic E-state index is 13.8. The van der Waals surface area contributed by atoms with Crippen molar-refractivity contribution in [3.63, 3.8) is 0 Å². The minimum absolute atomic E-state index is 0. The van der Waals surface area contributed by atoms with Crippen LogP contribution >= 0.6 is 7.81 Å². The monoisotopic (exact) mass is 1920 g/mol. The van der Waals surface area contributed by atoms with Crippen molar-refractivity contribution >= 4 is 87.1 Å². The summed E-state index contributed by atoms with van der Waals surface area (Å²) in [4.78, 5) is 24.9. The number of fused-ring (bicyclic) bond motifs is 6. The number of hydrogen-bond acceptors (Lipinski definition) is 14. The van der Waals surface area contributed by atoms with Crippen molar-refractivity contribution in [2.24, 2.45) is 30.7 Å². The van der Waals surface area contributed by atoms with E-state index < -0.39 is 43.0 Å². The summed E-state index contributed by atoms with van der Waals surface area (Å²) in [5.41, 5.74) is 16.9. The molecule has 16 aromatic rings. The molecule has 18 rings (SSSR count). The van der Waals surface area contributed by atoms with Crippen molar-refractivity contribution in [2.75, 3.05) is 14.1 Å². The fourth-order valence-corrected chi connectivity index (χ4v) is 15.6. The predicted octanol–water partition coefficient (Wildman–Crippen LogP) is 30.7. The third-order valence-electron chi connectivity index (χ3n) is 21.4. The molecule has 0 spiro atoms. The van der Waals surface area contributed by atoms with Gasteiger partial charge in [0.15, 0.2) is 23.1 Å². The summed E-state index contributed by atoms with van der Waals surface area (Å²) in [7, 11) is -6.14. The summed E-state index contributed by atoms with van der Waals surface area (Å²) >= 11 is 0. The normalized spacial score (nSPS) is 15.3. The summed E-state index contributed by atoms with van der Waals surface area (Å²) in [5, 5.41) is 29.3. The number of amidine groups is 2. The molecule has 0 fully saturated rings. The Morgan fingerprint density at radius 2 is 0.664 bits per heavy atom. The summed E-state index contributed by atoms with van der Waals surface area (Å²) in [6, 6.07) is 110. The Labute approximate surface area is 788 Å². The van der Waals surface area contributed by atoms with Gasteiger partial charge >= 0.3 is 61.8 Å². The number of alkyl halides is 6. The van der Waals surface area contributed by atoms with Gasteiger partial charge in [-0.2, -0.15) is 51.1 Å². The van der Waals surface area contributed by atoms with Crippen LogP contribution in [-0.4, -0.2) is 76.2 Å². The third kappa shape index (κ3) is 26.0. The van der Waals surface area contributed by atoms with Gasteiger partial charge in [-0.25, -0.2) is 4.58 Å². The number of halogens is 12. The predicted molar refractivity (Wildman–Crippen MR) is 502 cm³/mol. The van der Waals surface area contributed by atoms with Crippen LogP contribution in [0.25, 0.3) is 32.4 Å². The number of benzene rings is 14. The van der Waals surface area contributed by atoms with E-state index in [-0.39, 0.29) is 74.4 Å². The average molecular weight is 1920 g/mol. The largest absolute Gasteiger partial charge is 2.00 e. The molecular weight excluding hydrogens is 1840 g/mol. The number of aromatic nitrogens is 6. The molecule has 2 atom stereocenters.